The van der Waals surface area contributed by atoms with E-state index in [1.165, 1.54) is 18.3 Å². The molecule has 0 spiro atoms. The number of amides is 1. The number of hydrogen-bond acceptors (Lipinski definition) is 6. The van der Waals surface area contributed by atoms with Crippen molar-refractivity contribution in [2.75, 3.05) is 12.4 Å². The molecule has 2 heterocycles. The molecule has 0 radical (unpaired) electrons. The van der Waals surface area contributed by atoms with Crippen LogP contribution in [0.1, 0.15) is 53.6 Å². The molecule has 32 heavy (non-hydrogen) atoms. The zero-order chi connectivity index (χ0) is 23.7. The molecule has 8 nitrogen and oxygen atoms in total. The Morgan fingerprint density at radius 1 is 1.09 bits per heavy atom. The van der Waals surface area contributed by atoms with Gasteiger partial charge in [-0.1, -0.05) is 39.0 Å². The van der Waals surface area contributed by atoms with Crippen molar-refractivity contribution in [3.8, 4) is 0 Å². The lowest BCUT2D eigenvalue weighted by molar-refractivity contribution is 0.0971. The molecule has 1 amide bonds. The van der Waals surface area contributed by atoms with Crippen LogP contribution in [0.15, 0.2) is 47.5 Å². The Morgan fingerprint density at radius 2 is 1.75 bits per heavy atom. The number of aromatic nitrogens is 3. The number of nitrogens with zero attached hydrogens (tertiary/aromatic N) is 3. The molecule has 0 saturated carbocycles. The third-order valence-corrected chi connectivity index (χ3v) is 6.59. The van der Waals surface area contributed by atoms with Crippen molar-refractivity contribution in [2.24, 2.45) is 0 Å². The molecule has 0 saturated heterocycles. The van der Waals surface area contributed by atoms with E-state index in [1.807, 2.05) is 52.8 Å². The van der Waals surface area contributed by atoms with E-state index in [4.69, 9.17) is 0 Å². The topological polar surface area (TPSA) is 106 Å². The summed E-state index contributed by atoms with van der Waals surface area (Å²) >= 11 is 0. The zero-order valence-electron chi connectivity index (χ0n) is 19.2. The smallest absolute Gasteiger partial charge is 0.283 e. The Hall–Kier alpha value is -3.20. The van der Waals surface area contributed by atoms with Crippen molar-refractivity contribution >= 4 is 21.7 Å². The van der Waals surface area contributed by atoms with Gasteiger partial charge in [-0.3, -0.25) is 9.48 Å². The molecule has 0 bridgehead atoms. The maximum Gasteiger partial charge on any atom is 0.283 e. The molecule has 170 valence electrons. The SMILES string of the molecule is CNc1cc(S(=O)(=O)NC(=O)c2cc(C(C)(C)C)nn2Cc2c(C)cccc2C)ccn1. The lowest BCUT2D eigenvalue weighted by atomic mass is 9.92. The molecular formula is C23H29N5O3S. The van der Waals surface area contributed by atoms with Gasteiger partial charge in [0.15, 0.2) is 0 Å². The highest BCUT2D eigenvalue weighted by molar-refractivity contribution is 7.90. The molecular weight excluding hydrogens is 426 g/mol. The van der Waals surface area contributed by atoms with Gasteiger partial charge in [-0.05, 0) is 42.7 Å². The Labute approximate surface area is 189 Å². The predicted octanol–water partition coefficient (Wildman–Crippen LogP) is 3.40. The van der Waals surface area contributed by atoms with Crippen molar-refractivity contribution in [3.63, 3.8) is 0 Å². The maximum atomic E-state index is 13.1. The van der Waals surface area contributed by atoms with E-state index in [2.05, 4.69) is 20.1 Å². The Kier molecular flexibility index (Phi) is 6.41. The summed E-state index contributed by atoms with van der Waals surface area (Å²) in [5.41, 5.74) is 3.77. The Balaban J connectivity index is 2.00. The quantitative estimate of drug-likeness (QED) is 0.590. The molecule has 0 fully saturated rings. The average Bonchev–Trinajstić information content (AvgIpc) is 3.15. The van der Waals surface area contributed by atoms with Crippen molar-refractivity contribution in [1.82, 2.24) is 19.5 Å². The van der Waals surface area contributed by atoms with Crippen LogP contribution in [0.5, 0.6) is 0 Å². The summed E-state index contributed by atoms with van der Waals surface area (Å²) in [5, 5.41) is 7.44. The summed E-state index contributed by atoms with van der Waals surface area (Å²) in [4.78, 5) is 17.1. The molecule has 9 heteroatoms. The third kappa shape index (κ3) is 4.99. The van der Waals surface area contributed by atoms with Crippen LogP contribution in [0, 0.1) is 13.8 Å². The number of anilines is 1. The molecule has 0 aliphatic heterocycles. The highest BCUT2D eigenvalue weighted by Crippen LogP contribution is 2.24. The fraction of sp³-hybridized carbons (Fsp3) is 0.348. The molecule has 2 N–H and O–H groups in total. The van der Waals surface area contributed by atoms with E-state index >= 15 is 0 Å². The van der Waals surface area contributed by atoms with Gasteiger partial charge in [-0.25, -0.2) is 18.1 Å². The molecule has 0 aliphatic rings. The van der Waals surface area contributed by atoms with E-state index in [0.29, 0.717) is 18.1 Å². The lowest BCUT2D eigenvalue weighted by Crippen LogP contribution is -2.32. The summed E-state index contributed by atoms with van der Waals surface area (Å²) in [7, 11) is -2.46. The standard InChI is InChI=1S/C23H29N5O3S/c1-15-8-7-9-16(2)18(15)14-28-19(13-20(26-28)23(3,4)5)22(29)27-32(30,31)17-10-11-25-21(12-17)24-6/h7-13H,14H2,1-6H3,(H,24,25)(H,27,29). The highest BCUT2D eigenvalue weighted by Gasteiger charge is 2.26. The second kappa shape index (κ2) is 8.74. The van der Waals surface area contributed by atoms with Crippen LogP contribution < -0.4 is 10.0 Å². The van der Waals surface area contributed by atoms with Gasteiger partial charge in [0.2, 0.25) is 0 Å². The van der Waals surface area contributed by atoms with Crippen molar-refractivity contribution < 1.29 is 13.2 Å². The molecule has 2 aromatic heterocycles. The molecule has 0 aliphatic carbocycles. The first kappa shape index (κ1) is 23.5. The number of hydrogen-bond donors (Lipinski definition) is 2. The van der Waals surface area contributed by atoms with Crippen LogP contribution in [0.3, 0.4) is 0 Å². The number of benzene rings is 1. The van der Waals surface area contributed by atoms with Crippen LogP contribution in [0.4, 0.5) is 5.82 Å². The second-order valence-electron chi connectivity index (χ2n) is 8.75. The summed E-state index contributed by atoms with van der Waals surface area (Å²) in [6.07, 6.45) is 1.37. The molecule has 1 aromatic carbocycles. The lowest BCUT2D eigenvalue weighted by Gasteiger charge is -2.15. The molecule has 0 unspecified atom stereocenters. The van der Waals surface area contributed by atoms with E-state index < -0.39 is 15.9 Å². The average molecular weight is 456 g/mol. The zero-order valence-corrected chi connectivity index (χ0v) is 20.0. The van der Waals surface area contributed by atoms with Gasteiger partial charge in [0.25, 0.3) is 15.9 Å². The number of rotatable bonds is 6. The van der Waals surface area contributed by atoms with Crippen molar-refractivity contribution in [1.29, 1.82) is 0 Å². The van der Waals surface area contributed by atoms with Crippen LogP contribution in [-0.2, 0) is 22.0 Å². The summed E-state index contributed by atoms with van der Waals surface area (Å²) in [6.45, 7) is 10.3. The number of carbonyl (C=O) groups is 1. The number of carbonyl (C=O) groups excluding carboxylic acids is 1. The van der Waals surface area contributed by atoms with Crippen LogP contribution in [-0.4, -0.2) is 36.1 Å². The number of sulfonamides is 1. The number of nitrogens with one attached hydrogen (secondary N) is 2. The minimum atomic E-state index is -4.09. The van der Waals surface area contributed by atoms with Crippen LogP contribution in [0.2, 0.25) is 0 Å². The number of pyridine rings is 1. The normalized spacial score (nSPS) is 11.9. The van der Waals surface area contributed by atoms with Gasteiger partial charge in [-0.15, -0.1) is 0 Å². The molecule has 3 rings (SSSR count). The first-order valence-corrected chi connectivity index (χ1v) is 11.7. The minimum Gasteiger partial charge on any atom is -0.373 e. The molecule has 0 atom stereocenters. The van der Waals surface area contributed by atoms with E-state index in [1.54, 1.807) is 17.8 Å². The van der Waals surface area contributed by atoms with E-state index in [-0.39, 0.29) is 16.0 Å². The monoisotopic (exact) mass is 455 g/mol. The maximum absolute atomic E-state index is 13.1. The van der Waals surface area contributed by atoms with Gasteiger partial charge in [0.05, 0.1) is 17.1 Å². The molecule has 3 aromatic rings. The first-order chi connectivity index (χ1) is 14.9. The largest absolute Gasteiger partial charge is 0.373 e. The summed E-state index contributed by atoms with van der Waals surface area (Å²) < 4.78 is 29.4. The van der Waals surface area contributed by atoms with Gasteiger partial charge >= 0.3 is 0 Å². The third-order valence-electron chi connectivity index (χ3n) is 5.26. The van der Waals surface area contributed by atoms with Crippen LogP contribution >= 0.6 is 0 Å². The second-order valence-corrected chi connectivity index (χ2v) is 10.4. The highest BCUT2D eigenvalue weighted by atomic mass is 32.2. The Morgan fingerprint density at radius 3 is 2.34 bits per heavy atom. The van der Waals surface area contributed by atoms with Gasteiger partial charge < -0.3 is 5.32 Å². The first-order valence-electron chi connectivity index (χ1n) is 10.3. The van der Waals surface area contributed by atoms with Gasteiger partial charge in [0, 0.05) is 24.7 Å². The van der Waals surface area contributed by atoms with Crippen molar-refractivity contribution in [3.05, 3.63) is 70.7 Å². The Bertz CT molecular complexity index is 1240. The summed E-state index contributed by atoms with van der Waals surface area (Å²) in [5.74, 6) is -0.350. The fourth-order valence-corrected chi connectivity index (χ4v) is 4.26. The summed E-state index contributed by atoms with van der Waals surface area (Å²) in [6, 6.07) is 10.3. The van der Waals surface area contributed by atoms with Crippen molar-refractivity contribution in [2.45, 2.75) is 51.5 Å². The predicted molar refractivity (Wildman–Crippen MR) is 124 cm³/mol. The minimum absolute atomic E-state index is 0.0536. The van der Waals surface area contributed by atoms with Crippen LogP contribution in [0.25, 0.3) is 0 Å². The fourth-order valence-electron chi connectivity index (χ4n) is 3.28. The van der Waals surface area contributed by atoms with E-state index in [9.17, 15) is 13.2 Å². The van der Waals surface area contributed by atoms with E-state index in [0.717, 1.165) is 16.7 Å². The number of aryl methyl sites for hydroxylation is 2. The van der Waals surface area contributed by atoms with Gasteiger partial charge in [0.1, 0.15) is 11.5 Å². The van der Waals surface area contributed by atoms with Gasteiger partial charge in [-0.2, -0.15) is 5.10 Å².